The minimum absolute atomic E-state index is 0.448. The van der Waals surface area contributed by atoms with E-state index in [0.29, 0.717) is 5.56 Å². The lowest BCUT2D eigenvalue weighted by atomic mass is 9.92. The van der Waals surface area contributed by atoms with E-state index >= 15 is 0 Å². The van der Waals surface area contributed by atoms with Crippen LogP contribution in [0.3, 0.4) is 0 Å². The van der Waals surface area contributed by atoms with Gasteiger partial charge < -0.3 is 5.11 Å². The maximum absolute atomic E-state index is 13.4. The van der Waals surface area contributed by atoms with Crippen LogP contribution in [0.4, 0.5) is 8.78 Å². The molecule has 2 nitrogen and oxygen atoms in total. The third-order valence-electron chi connectivity index (χ3n) is 2.32. The van der Waals surface area contributed by atoms with Crippen molar-refractivity contribution in [3.63, 3.8) is 0 Å². The molecule has 1 atom stereocenters. The van der Waals surface area contributed by atoms with Crippen molar-refractivity contribution in [1.29, 1.82) is 0 Å². The number of carbonyl (C=O) groups is 1. The van der Waals surface area contributed by atoms with E-state index in [1.165, 1.54) is 6.92 Å². The normalized spacial score (nSPS) is 13.5. The predicted octanol–water partition coefficient (Wildman–Crippen LogP) is 2.90. The molecule has 0 spiro atoms. The molecular formula is C11H12F2O2. The van der Waals surface area contributed by atoms with E-state index in [-0.39, 0.29) is 0 Å². The second-order valence-corrected chi connectivity index (χ2v) is 3.46. The van der Waals surface area contributed by atoms with E-state index in [4.69, 9.17) is 5.11 Å². The molecule has 1 rings (SSSR count). The maximum atomic E-state index is 13.4. The molecule has 0 radical (unpaired) electrons. The smallest absolute Gasteiger partial charge is 0.309 e. The summed E-state index contributed by atoms with van der Waals surface area (Å²) in [4.78, 5) is 10.3. The van der Waals surface area contributed by atoms with Gasteiger partial charge in [0.2, 0.25) is 0 Å². The fraction of sp³-hybridized carbons (Fsp3) is 0.364. The fourth-order valence-corrected chi connectivity index (χ4v) is 1.34. The van der Waals surface area contributed by atoms with Crippen LogP contribution in [-0.4, -0.2) is 17.0 Å². The Kier molecular flexibility index (Phi) is 3.39. The van der Waals surface area contributed by atoms with E-state index in [2.05, 4.69) is 0 Å². The first-order valence-corrected chi connectivity index (χ1v) is 4.58. The van der Waals surface area contributed by atoms with Crippen molar-refractivity contribution in [2.75, 3.05) is 0 Å². The molecule has 4 heteroatoms. The van der Waals surface area contributed by atoms with Crippen LogP contribution in [0.1, 0.15) is 24.8 Å². The summed E-state index contributed by atoms with van der Waals surface area (Å²) in [5.41, 5.74) is 0.448. The van der Waals surface area contributed by atoms with Gasteiger partial charge in [-0.05, 0) is 5.56 Å². The SMILES string of the molecule is CC(c1ccccc1)C(F)(F)CC(=O)O. The van der Waals surface area contributed by atoms with Gasteiger partial charge in [-0.2, -0.15) is 0 Å². The lowest BCUT2D eigenvalue weighted by Gasteiger charge is -2.22. The molecule has 15 heavy (non-hydrogen) atoms. The van der Waals surface area contributed by atoms with Gasteiger partial charge >= 0.3 is 5.97 Å². The monoisotopic (exact) mass is 214 g/mol. The Labute approximate surface area is 86.5 Å². The molecule has 0 aliphatic rings. The van der Waals surface area contributed by atoms with Gasteiger partial charge in [0.15, 0.2) is 0 Å². The molecule has 0 bridgehead atoms. The Morgan fingerprint density at radius 3 is 2.40 bits per heavy atom. The third kappa shape index (κ3) is 3.01. The van der Waals surface area contributed by atoms with Crippen LogP contribution >= 0.6 is 0 Å². The van der Waals surface area contributed by atoms with Crippen molar-refractivity contribution < 1.29 is 18.7 Å². The first-order valence-electron chi connectivity index (χ1n) is 4.58. The molecule has 1 aromatic rings. The highest BCUT2D eigenvalue weighted by Gasteiger charge is 2.39. The van der Waals surface area contributed by atoms with Crippen LogP contribution in [0, 0.1) is 0 Å². The Balaban J connectivity index is 2.84. The third-order valence-corrected chi connectivity index (χ3v) is 2.32. The quantitative estimate of drug-likeness (QED) is 0.836. The summed E-state index contributed by atoms with van der Waals surface area (Å²) in [6.45, 7) is 1.33. The van der Waals surface area contributed by atoms with Crippen LogP contribution in [0.5, 0.6) is 0 Å². The van der Waals surface area contributed by atoms with Crippen molar-refractivity contribution in [3.8, 4) is 0 Å². The first kappa shape index (κ1) is 11.6. The first-order chi connectivity index (χ1) is 6.93. The molecule has 0 aliphatic heterocycles. The van der Waals surface area contributed by atoms with Gasteiger partial charge in [0.25, 0.3) is 5.92 Å². The minimum Gasteiger partial charge on any atom is -0.481 e. The van der Waals surface area contributed by atoms with E-state index in [9.17, 15) is 13.6 Å². The molecule has 0 heterocycles. The second-order valence-electron chi connectivity index (χ2n) is 3.46. The number of hydrogen-bond acceptors (Lipinski definition) is 1. The van der Waals surface area contributed by atoms with Crippen LogP contribution < -0.4 is 0 Å². The average molecular weight is 214 g/mol. The van der Waals surface area contributed by atoms with Gasteiger partial charge in [0, 0.05) is 5.92 Å². The summed E-state index contributed by atoms with van der Waals surface area (Å²) in [5, 5.41) is 8.36. The summed E-state index contributed by atoms with van der Waals surface area (Å²) in [6.07, 6.45) is -1.14. The lowest BCUT2D eigenvalue weighted by molar-refractivity contribution is -0.146. The van der Waals surface area contributed by atoms with Gasteiger partial charge in [-0.15, -0.1) is 0 Å². The second kappa shape index (κ2) is 4.38. The van der Waals surface area contributed by atoms with Crippen molar-refractivity contribution in [3.05, 3.63) is 35.9 Å². The van der Waals surface area contributed by atoms with Gasteiger partial charge in [-0.3, -0.25) is 4.79 Å². The number of carboxylic acids is 1. The van der Waals surface area contributed by atoms with Crippen LogP contribution in [0.2, 0.25) is 0 Å². The number of halogens is 2. The molecule has 0 saturated heterocycles. The van der Waals surface area contributed by atoms with Gasteiger partial charge in [0.1, 0.15) is 6.42 Å². The van der Waals surface area contributed by atoms with Gasteiger partial charge in [-0.25, -0.2) is 8.78 Å². The summed E-state index contributed by atoms with van der Waals surface area (Å²) < 4.78 is 26.7. The molecular weight excluding hydrogens is 202 g/mol. The number of carboxylic acid groups (broad SMARTS) is 1. The van der Waals surface area contributed by atoms with Gasteiger partial charge in [-0.1, -0.05) is 37.3 Å². The summed E-state index contributed by atoms with van der Waals surface area (Å²) in [5.74, 6) is -5.79. The van der Waals surface area contributed by atoms with Crippen molar-refractivity contribution in [1.82, 2.24) is 0 Å². The highest BCUT2D eigenvalue weighted by molar-refractivity contribution is 5.68. The zero-order chi connectivity index (χ0) is 11.5. The topological polar surface area (TPSA) is 37.3 Å². The Bertz CT molecular complexity index is 336. The highest BCUT2D eigenvalue weighted by atomic mass is 19.3. The molecule has 0 aliphatic carbocycles. The molecule has 1 N–H and O–H groups in total. The summed E-state index contributed by atoms with van der Waals surface area (Å²) in [7, 11) is 0. The fourth-order valence-electron chi connectivity index (χ4n) is 1.34. The predicted molar refractivity (Wildman–Crippen MR) is 52.1 cm³/mol. The summed E-state index contributed by atoms with van der Waals surface area (Å²) in [6, 6.07) is 8.18. The number of rotatable bonds is 4. The zero-order valence-electron chi connectivity index (χ0n) is 8.28. The molecule has 0 amide bonds. The average Bonchev–Trinajstić information content (AvgIpc) is 2.16. The highest BCUT2D eigenvalue weighted by Crippen LogP contribution is 2.35. The van der Waals surface area contributed by atoms with E-state index in [0.717, 1.165) is 0 Å². The molecule has 0 fully saturated rings. The zero-order valence-corrected chi connectivity index (χ0v) is 8.28. The van der Waals surface area contributed by atoms with E-state index < -0.39 is 24.2 Å². The Morgan fingerprint density at radius 1 is 1.40 bits per heavy atom. The largest absolute Gasteiger partial charge is 0.481 e. The number of aliphatic carboxylic acids is 1. The molecule has 1 aromatic carbocycles. The van der Waals surface area contributed by atoms with E-state index in [1.807, 2.05) is 0 Å². The van der Waals surface area contributed by atoms with Crippen LogP contribution in [0.15, 0.2) is 30.3 Å². The van der Waals surface area contributed by atoms with Gasteiger partial charge in [0.05, 0.1) is 0 Å². The van der Waals surface area contributed by atoms with Crippen molar-refractivity contribution >= 4 is 5.97 Å². The molecule has 1 unspecified atom stereocenters. The van der Waals surface area contributed by atoms with Crippen molar-refractivity contribution in [2.24, 2.45) is 0 Å². The number of hydrogen-bond donors (Lipinski definition) is 1. The van der Waals surface area contributed by atoms with Crippen molar-refractivity contribution in [2.45, 2.75) is 25.2 Å². The van der Waals surface area contributed by atoms with Crippen LogP contribution in [-0.2, 0) is 4.79 Å². The molecule has 0 aromatic heterocycles. The molecule has 0 saturated carbocycles. The maximum Gasteiger partial charge on any atom is 0.309 e. The van der Waals surface area contributed by atoms with Crippen LogP contribution in [0.25, 0.3) is 0 Å². The molecule has 82 valence electrons. The van der Waals surface area contributed by atoms with E-state index in [1.54, 1.807) is 30.3 Å². The standard InChI is InChI=1S/C11H12F2O2/c1-8(9-5-3-2-4-6-9)11(12,13)7-10(14)15/h2-6,8H,7H2,1H3,(H,14,15). The lowest BCUT2D eigenvalue weighted by Crippen LogP contribution is -2.27. The Hall–Kier alpha value is -1.45. The number of alkyl halides is 2. The Morgan fingerprint density at radius 2 is 1.93 bits per heavy atom. The number of benzene rings is 1. The summed E-state index contributed by atoms with van der Waals surface area (Å²) >= 11 is 0. The minimum atomic E-state index is -3.22.